The van der Waals surface area contributed by atoms with E-state index < -0.39 is 0 Å². The first-order valence-electron chi connectivity index (χ1n) is 6.19. The zero-order valence-corrected chi connectivity index (χ0v) is 11.2. The van der Waals surface area contributed by atoms with Crippen molar-refractivity contribution in [1.82, 2.24) is 5.32 Å². The number of hydrogen-bond acceptors (Lipinski definition) is 5. The molecule has 1 aromatic rings. The first-order chi connectivity index (χ1) is 9.13. The van der Waals surface area contributed by atoms with Crippen LogP contribution in [0.15, 0.2) is 18.2 Å². The third kappa shape index (κ3) is 3.87. The van der Waals surface area contributed by atoms with Gasteiger partial charge >= 0.3 is 0 Å². The van der Waals surface area contributed by atoms with Crippen LogP contribution in [0.4, 0.5) is 5.69 Å². The van der Waals surface area contributed by atoms with Gasteiger partial charge in [0.15, 0.2) is 0 Å². The molecule has 5 nitrogen and oxygen atoms in total. The summed E-state index contributed by atoms with van der Waals surface area (Å²) >= 11 is 0. The standard InChI is InChI=1S/C14H18N4O/c1-3-17-11(2)13-5-4-12(10-14(13)19)18(8-6-15)9-7-16/h4-5,10-11,17,19H,3,8-9H2,1-2H3. The van der Waals surface area contributed by atoms with Crippen LogP contribution in [0.25, 0.3) is 0 Å². The van der Waals surface area contributed by atoms with Gasteiger partial charge in [-0.3, -0.25) is 0 Å². The molecule has 19 heavy (non-hydrogen) atoms. The van der Waals surface area contributed by atoms with Gasteiger partial charge in [0.05, 0.1) is 12.1 Å². The number of aromatic hydroxyl groups is 1. The maximum absolute atomic E-state index is 10.0. The summed E-state index contributed by atoms with van der Waals surface area (Å²) < 4.78 is 0. The van der Waals surface area contributed by atoms with E-state index in [0.29, 0.717) is 5.69 Å². The van der Waals surface area contributed by atoms with Crippen LogP contribution in [0, 0.1) is 22.7 Å². The van der Waals surface area contributed by atoms with Crippen molar-refractivity contribution in [3.05, 3.63) is 23.8 Å². The van der Waals surface area contributed by atoms with Crippen molar-refractivity contribution in [3.8, 4) is 17.9 Å². The van der Waals surface area contributed by atoms with Crippen molar-refractivity contribution in [2.75, 3.05) is 24.5 Å². The molecule has 1 aromatic carbocycles. The minimum absolute atomic E-state index is 0.0550. The minimum atomic E-state index is 0.0550. The zero-order chi connectivity index (χ0) is 14.3. The Morgan fingerprint density at radius 1 is 1.32 bits per heavy atom. The third-order valence-corrected chi connectivity index (χ3v) is 2.88. The van der Waals surface area contributed by atoms with Crippen LogP contribution in [-0.4, -0.2) is 24.7 Å². The van der Waals surface area contributed by atoms with Crippen LogP contribution >= 0.6 is 0 Å². The van der Waals surface area contributed by atoms with E-state index in [9.17, 15) is 5.11 Å². The van der Waals surface area contributed by atoms with Crippen LogP contribution in [0.2, 0.25) is 0 Å². The Morgan fingerprint density at radius 3 is 2.42 bits per heavy atom. The number of benzene rings is 1. The first-order valence-corrected chi connectivity index (χ1v) is 6.19. The molecule has 5 heteroatoms. The molecule has 0 aliphatic carbocycles. The topological polar surface area (TPSA) is 83.1 Å². The largest absolute Gasteiger partial charge is 0.508 e. The molecule has 0 radical (unpaired) electrons. The summed E-state index contributed by atoms with van der Waals surface area (Å²) in [6, 6.07) is 9.30. The Balaban J connectivity index is 2.98. The van der Waals surface area contributed by atoms with E-state index in [1.807, 2.05) is 38.1 Å². The number of phenols is 1. The first kappa shape index (κ1) is 14.8. The highest BCUT2D eigenvalue weighted by molar-refractivity contribution is 5.55. The molecule has 0 saturated heterocycles. The molecular weight excluding hydrogens is 240 g/mol. The molecule has 0 aromatic heterocycles. The maximum atomic E-state index is 10.0. The van der Waals surface area contributed by atoms with E-state index in [0.717, 1.165) is 12.1 Å². The quantitative estimate of drug-likeness (QED) is 0.762. The summed E-state index contributed by atoms with van der Waals surface area (Å²) in [4.78, 5) is 1.61. The molecule has 0 heterocycles. The van der Waals surface area contributed by atoms with Crippen molar-refractivity contribution in [2.24, 2.45) is 0 Å². The van der Waals surface area contributed by atoms with Crippen molar-refractivity contribution in [1.29, 1.82) is 10.5 Å². The molecule has 1 unspecified atom stereocenters. The second kappa shape index (κ2) is 7.25. The molecule has 0 spiro atoms. The van der Waals surface area contributed by atoms with E-state index in [1.54, 1.807) is 11.0 Å². The van der Waals surface area contributed by atoms with Crippen LogP contribution < -0.4 is 10.2 Å². The summed E-state index contributed by atoms with van der Waals surface area (Å²) in [5.41, 5.74) is 1.48. The van der Waals surface area contributed by atoms with Crippen LogP contribution in [-0.2, 0) is 0 Å². The predicted molar refractivity (Wildman–Crippen MR) is 73.6 cm³/mol. The summed E-state index contributed by atoms with van der Waals surface area (Å²) in [6.45, 7) is 5.03. The summed E-state index contributed by atoms with van der Waals surface area (Å²) in [5.74, 6) is 0.173. The summed E-state index contributed by atoms with van der Waals surface area (Å²) in [5, 5.41) is 30.7. The van der Waals surface area contributed by atoms with Gasteiger partial charge in [-0.05, 0) is 19.5 Å². The van der Waals surface area contributed by atoms with E-state index in [1.165, 1.54) is 0 Å². The fourth-order valence-corrected chi connectivity index (χ4v) is 1.92. The van der Waals surface area contributed by atoms with Gasteiger partial charge in [0, 0.05) is 23.4 Å². The number of nitrogens with zero attached hydrogens (tertiary/aromatic N) is 3. The molecule has 1 atom stereocenters. The smallest absolute Gasteiger partial charge is 0.122 e. The summed E-state index contributed by atoms with van der Waals surface area (Å²) in [7, 11) is 0. The zero-order valence-electron chi connectivity index (χ0n) is 11.2. The van der Waals surface area contributed by atoms with Gasteiger partial charge in [-0.15, -0.1) is 0 Å². The lowest BCUT2D eigenvalue weighted by Crippen LogP contribution is -2.24. The third-order valence-electron chi connectivity index (χ3n) is 2.88. The maximum Gasteiger partial charge on any atom is 0.122 e. The highest BCUT2D eigenvalue weighted by Crippen LogP contribution is 2.28. The van der Waals surface area contributed by atoms with Gasteiger partial charge in [0.1, 0.15) is 18.8 Å². The molecule has 100 valence electrons. The van der Waals surface area contributed by atoms with Crippen LogP contribution in [0.1, 0.15) is 25.5 Å². The van der Waals surface area contributed by atoms with Gasteiger partial charge in [-0.2, -0.15) is 10.5 Å². The Kier molecular flexibility index (Phi) is 5.66. The van der Waals surface area contributed by atoms with Gasteiger partial charge in [0.2, 0.25) is 0 Å². The van der Waals surface area contributed by atoms with E-state index >= 15 is 0 Å². The normalized spacial score (nSPS) is 11.4. The van der Waals surface area contributed by atoms with Crippen molar-refractivity contribution >= 4 is 5.69 Å². The average molecular weight is 258 g/mol. The average Bonchev–Trinajstić information content (AvgIpc) is 2.38. The van der Waals surface area contributed by atoms with E-state index in [-0.39, 0.29) is 24.9 Å². The SMILES string of the molecule is CCNC(C)c1ccc(N(CC#N)CC#N)cc1O. The second-order valence-corrected chi connectivity index (χ2v) is 4.19. The lowest BCUT2D eigenvalue weighted by molar-refractivity contribution is 0.454. The van der Waals surface area contributed by atoms with Gasteiger partial charge in [-0.25, -0.2) is 0 Å². The fourth-order valence-electron chi connectivity index (χ4n) is 1.92. The molecular formula is C14H18N4O. The predicted octanol–water partition coefficient (Wildman–Crippen LogP) is 1.92. The lowest BCUT2D eigenvalue weighted by atomic mass is 10.1. The Hall–Kier alpha value is -2.24. The molecule has 0 aliphatic rings. The molecule has 2 N–H and O–H groups in total. The Bertz CT molecular complexity index is 485. The Labute approximate surface area is 113 Å². The fraction of sp³-hybridized carbons (Fsp3) is 0.429. The van der Waals surface area contributed by atoms with E-state index in [4.69, 9.17) is 10.5 Å². The number of hydrogen-bond donors (Lipinski definition) is 2. The molecule has 1 rings (SSSR count). The number of nitrogens with one attached hydrogen (secondary N) is 1. The molecule has 0 amide bonds. The summed E-state index contributed by atoms with van der Waals surface area (Å²) in [6.07, 6.45) is 0. The van der Waals surface area contributed by atoms with E-state index in [2.05, 4.69) is 5.32 Å². The van der Waals surface area contributed by atoms with Gasteiger partial charge in [0.25, 0.3) is 0 Å². The van der Waals surface area contributed by atoms with Crippen LogP contribution in [0.5, 0.6) is 5.75 Å². The van der Waals surface area contributed by atoms with Gasteiger partial charge < -0.3 is 15.3 Å². The van der Waals surface area contributed by atoms with Crippen molar-refractivity contribution in [3.63, 3.8) is 0 Å². The number of anilines is 1. The van der Waals surface area contributed by atoms with Gasteiger partial charge in [-0.1, -0.05) is 13.0 Å². The number of rotatable bonds is 6. The Morgan fingerprint density at radius 2 is 1.95 bits per heavy atom. The molecule has 0 saturated carbocycles. The highest BCUT2D eigenvalue weighted by Gasteiger charge is 2.12. The number of nitriles is 2. The monoisotopic (exact) mass is 258 g/mol. The lowest BCUT2D eigenvalue weighted by Gasteiger charge is -2.20. The minimum Gasteiger partial charge on any atom is -0.508 e. The molecule has 0 aliphatic heterocycles. The molecule has 0 fully saturated rings. The highest BCUT2D eigenvalue weighted by atomic mass is 16.3. The molecule has 0 bridgehead atoms. The number of phenolic OH excluding ortho intramolecular Hbond substituents is 1. The second-order valence-electron chi connectivity index (χ2n) is 4.19. The van der Waals surface area contributed by atoms with Crippen molar-refractivity contribution < 1.29 is 5.11 Å². The van der Waals surface area contributed by atoms with Crippen molar-refractivity contribution in [2.45, 2.75) is 19.9 Å². The van der Waals surface area contributed by atoms with Crippen LogP contribution in [0.3, 0.4) is 0 Å².